The lowest BCUT2D eigenvalue weighted by Crippen LogP contribution is -2.64. The maximum Gasteiger partial charge on any atom is 0.230 e. The molecule has 3 aliphatic rings. The minimum atomic E-state index is -0.934. The normalized spacial score (nSPS) is 23.1. The molecule has 0 unspecified atom stereocenters. The van der Waals surface area contributed by atoms with E-state index < -0.39 is 16.8 Å². The molecule has 5 N–H and O–H groups in total. The van der Waals surface area contributed by atoms with Gasteiger partial charge in [-0.15, -0.1) is 0 Å². The highest BCUT2D eigenvalue weighted by Crippen LogP contribution is 2.45. The van der Waals surface area contributed by atoms with Crippen molar-refractivity contribution in [1.82, 2.24) is 35.5 Å². The van der Waals surface area contributed by atoms with Crippen molar-refractivity contribution < 1.29 is 29.8 Å². The number of nitrogens with one attached hydrogen (secondary N) is 2. The minimum absolute atomic E-state index is 0.130. The summed E-state index contributed by atoms with van der Waals surface area (Å²) >= 11 is 0. The van der Waals surface area contributed by atoms with Crippen LogP contribution in [0.3, 0.4) is 0 Å². The van der Waals surface area contributed by atoms with Crippen LogP contribution in [0.15, 0.2) is 6.33 Å². The number of aromatic nitrogens is 3. The summed E-state index contributed by atoms with van der Waals surface area (Å²) in [5.41, 5.74) is -3.89. The van der Waals surface area contributed by atoms with Gasteiger partial charge in [-0.05, 0) is 195 Å². The van der Waals surface area contributed by atoms with Crippen molar-refractivity contribution in [1.29, 1.82) is 0 Å². The SMILES string of the molecule is CC(C)(O)CON1C(C)(C)CC(CCCCNc2ncnc(N(CCCCCCNC3CC(C)(C)N(OCC(C)(C)O)C(C)(C)C3)C3CC(C)(C)N(OCC(C)(C)O)C(C)(C)C3)n2)CC1(C)C. The fourth-order valence-electron chi connectivity index (χ4n) is 12.0. The molecule has 0 bridgehead atoms. The maximum atomic E-state index is 10.6. The van der Waals surface area contributed by atoms with Crippen LogP contribution in [-0.2, 0) is 14.5 Å². The number of hydroxylamine groups is 6. The van der Waals surface area contributed by atoms with Crippen molar-refractivity contribution in [2.24, 2.45) is 5.92 Å². The third kappa shape index (κ3) is 17.8. The van der Waals surface area contributed by atoms with E-state index in [4.69, 9.17) is 24.5 Å². The second-order valence-electron chi connectivity index (χ2n) is 26.6. The summed E-state index contributed by atoms with van der Waals surface area (Å²) in [6.07, 6.45) is 15.1. The fraction of sp³-hybridized carbons (Fsp3) is 0.942. The van der Waals surface area contributed by atoms with Gasteiger partial charge in [0, 0.05) is 58.4 Å². The predicted molar refractivity (Wildman–Crippen MR) is 271 cm³/mol. The highest BCUT2D eigenvalue weighted by Gasteiger charge is 2.50. The van der Waals surface area contributed by atoms with Gasteiger partial charge in [0.1, 0.15) is 6.33 Å². The van der Waals surface area contributed by atoms with Gasteiger partial charge in [-0.2, -0.15) is 20.2 Å². The van der Waals surface area contributed by atoms with Gasteiger partial charge in [-0.25, -0.2) is 9.97 Å². The molecule has 0 amide bonds. The van der Waals surface area contributed by atoms with Gasteiger partial charge in [0.05, 0.1) is 36.6 Å². The molecule has 0 atom stereocenters. The van der Waals surface area contributed by atoms with Crippen molar-refractivity contribution in [2.75, 3.05) is 49.7 Å². The third-order valence-corrected chi connectivity index (χ3v) is 13.8. The number of hydrogen-bond donors (Lipinski definition) is 5. The van der Waals surface area contributed by atoms with Gasteiger partial charge in [-0.1, -0.05) is 25.7 Å². The lowest BCUT2D eigenvalue weighted by molar-refractivity contribution is -0.302. The fourth-order valence-corrected chi connectivity index (χ4v) is 12.0. The molecule has 0 aromatic carbocycles. The molecule has 3 saturated heterocycles. The molecule has 1 aromatic heterocycles. The van der Waals surface area contributed by atoms with Crippen LogP contribution >= 0.6 is 0 Å². The van der Waals surface area contributed by atoms with Gasteiger partial charge in [0.15, 0.2) is 0 Å². The van der Waals surface area contributed by atoms with Crippen LogP contribution in [-0.4, -0.2) is 147 Å². The number of anilines is 2. The van der Waals surface area contributed by atoms with E-state index in [1.165, 1.54) is 0 Å². The van der Waals surface area contributed by atoms with Crippen molar-refractivity contribution >= 4 is 11.9 Å². The summed E-state index contributed by atoms with van der Waals surface area (Å²) in [5, 5.41) is 45.0. The Morgan fingerprint density at radius 3 is 1.45 bits per heavy atom. The Labute approximate surface area is 408 Å². The molecule has 15 nitrogen and oxygen atoms in total. The minimum Gasteiger partial charge on any atom is -0.388 e. The molecule has 3 aliphatic heterocycles. The molecule has 390 valence electrons. The molecule has 15 heteroatoms. The van der Waals surface area contributed by atoms with Crippen LogP contribution in [0.1, 0.15) is 208 Å². The molecule has 67 heavy (non-hydrogen) atoms. The second kappa shape index (κ2) is 22.3. The molecule has 1 aromatic rings. The first kappa shape index (κ1) is 57.8. The molecule has 0 radical (unpaired) electrons. The van der Waals surface area contributed by atoms with E-state index in [9.17, 15) is 15.3 Å². The predicted octanol–water partition coefficient (Wildman–Crippen LogP) is 8.83. The zero-order chi connectivity index (χ0) is 50.5. The van der Waals surface area contributed by atoms with Crippen molar-refractivity contribution in [3.05, 3.63) is 6.33 Å². The van der Waals surface area contributed by atoms with E-state index in [0.717, 1.165) is 103 Å². The Balaban J connectivity index is 1.35. The zero-order valence-corrected chi connectivity index (χ0v) is 45.9. The summed E-state index contributed by atoms with van der Waals surface area (Å²) < 4.78 is 0. The average molecular weight is 948 g/mol. The van der Waals surface area contributed by atoms with Gasteiger partial charge >= 0.3 is 0 Å². The summed E-state index contributed by atoms with van der Waals surface area (Å²) in [6.45, 7) is 41.1. The molecule has 4 heterocycles. The van der Waals surface area contributed by atoms with Gasteiger partial charge < -0.3 is 30.9 Å². The Kier molecular flexibility index (Phi) is 19.3. The number of nitrogens with zero attached hydrogens (tertiary/aromatic N) is 7. The third-order valence-electron chi connectivity index (χ3n) is 13.8. The highest BCUT2D eigenvalue weighted by molar-refractivity contribution is 5.37. The number of rotatable bonds is 25. The molecule has 0 saturated carbocycles. The molecular weight excluding hydrogens is 847 g/mol. The van der Waals surface area contributed by atoms with E-state index >= 15 is 0 Å². The lowest BCUT2D eigenvalue weighted by atomic mass is 9.73. The smallest absolute Gasteiger partial charge is 0.230 e. The summed E-state index contributed by atoms with van der Waals surface area (Å²) in [6, 6.07) is 0.573. The van der Waals surface area contributed by atoms with Gasteiger partial charge in [0.2, 0.25) is 11.9 Å². The first-order chi connectivity index (χ1) is 30.5. The number of piperidine rings is 3. The summed E-state index contributed by atoms with van der Waals surface area (Å²) in [5.74, 6) is 1.93. The Morgan fingerprint density at radius 1 is 0.567 bits per heavy atom. The van der Waals surface area contributed by atoms with Crippen LogP contribution < -0.4 is 15.5 Å². The lowest BCUT2D eigenvalue weighted by Gasteiger charge is -2.56. The second-order valence-corrected chi connectivity index (χ2v) is 26.6. The highest BCUT2D eigenvalue weighted by atomic mass is 16.7. The van der Waals surface area contributed by atoms with Gasteiger partial charge in [0.25, 0.3) is 0 Å². The Hall–Kier alpha value is -1.79. The van der Waals surface area contributed by atoms with Crippen LogP contribution in [0.2, 0.25) is 0 Å². The molecular formula is C52H101N9O6. The molecule has 0 spiro atoms. The zero-order valence-electron chi connectivity index (χ0n) is 45.9. The van der Waals surface area contributed by atoms with Crippen LogP contribution in [0.4, 0.5) is 11.9 Å². The van der Waals surface area contributed by atoms with Crippen molar-refractivity contribution in [2.45, 2.75) is 270 Å². The molecule has 3 fully saturated rings. The van der Waals surface area contributed by atoms with E-state index in [-0.39, 0.29) is 59.1 Å². The largest absolute Gasteiger partial charge is 0.388 e. The van der Waals surface area contributed by atoms with E-state index in [2.05, 4.69) is 119 Å². The number of aliphatic hydroxyl groups is 3. The average Bonchev–Trinajstić information content (AvgIpc) is 3.11. The first-order valence-electron chi connectivity index (χ1n) is 25.9. The quantitative estimate of drug-likeness (QED) is 0.0591. The Bertz CT molecular complexity index is 1610. The van der Waals surface area contributed by atoms with Crippen molar-refractivity contribution in [3.8, 4) is 0 Å². The Morgan fingerprint density at radius 2 is 0.985 bits per heavy atom. The summed E-state index contributed by atoms with van der Waals surface area (Å²) in [7, 11) is 0. The first-order valence-corrected chi connectivity index (χ1v) is 25.9. The maximum absolute atomic E-state index is 10.6. The number of unbranched alkanes of at least 4 members (excludes halogenated alkanes) is 4. The molecule has 4 rings (SSSR count). The standard InChI is InChI=1S/C52H101N9O6/c1-44(2)29-39(30-45(3,4)59(44)65-35-50(13,14)62)25-21-23-27-54-42-55-38-56-43(57-42)58(41-33-48(9,10)61(49(11,12)34-41)67-37-52(17,18)64)28-24-20-19-22-26-53-40-31-46(5,6)60(47(7,8)32-40)66-36-51(15,16)63/h38-41,53,62-64H,19-37H2,1-18H3,(H,54,55,56,57). The number of hydrogen-bond acceptors (Lipinski definition) is 15. The topological polar surface area (TPSA) is 164 Å². The van der Waals surface area contributed by atoms with E-state index in [1.54, 1.807) is 47.9 Å². The van der Waals surface area contributed by atoms with E-state index in [0.29, 0.717) is 23.9 Å². The molecule has 0 aliphatic carbocycles. The van der Waals surface area contributed by atoms with Crippen LogP contribution in [0, 0.1) is 5.92 Å². The van der Waals surface area contributed by atoms with Gasteiger partial charge in [-0.3, -0.25) is 14.5 Å². The van der Waals surface area contributed by atoms with Crippen LogP contribution in [0.5, 0.6) is 0 Å². The monoisotopic (exact) mass is 948 g/mol. The van der Waals surface area contributed by atoms with Crippen LogP contribution in [0.25, 0.3) is 0 Å². The van der Waals surface area contributed by atoms with E-state index in [1.807, 2.05) is 0 Å². The summed E-state index contributed by atoms with van der Waals surface area (Å²) in [4.78, 5) is 35.8. The van der Waals surface area contributed by atoms with Crippen molar-refractivity contribution in [3.63, 3.8) is 0 Å².